The summed E-state index contributed by atoms with van der Waals surface area (Å²) < 4.78 is 0. The van der Waals surface area contributed by atoms with Crippen molar-refractivity contribution in [2.45, 2.75) is 82.2 Å². The number of fused-ring (bicyclic) bond motifs is 3. The van der Waals surface area contributed by atoms with Gasteiger partial charge in [0, 0.05) is 22.9 Å². The lowest BCUT2D eigenvalue weighted by Crippen LogP contribution is -2.45. The van der Waals surface area contributed by atoms with Crippen molar-refractivity contribution in [3.8, 4) is 0 Å². The summed E-state index contributed by atoms with van der Waals surface area (Å²) in [4.78, 5) is 51.4. The van der Waals surface area contributed by atoms with E-state index in [1.165, 1.54) is 18.2 Å². The fraction of sp³-hybridized carbons (Fsp3) is 0.464. The molecule has 38 heavy (non-hydrogen) atoms. The molecule has 2 aromatic rings. The predicted octanol–water partition coefficient (Wildman–Crippen LogP) is 4.76. The average Bonchev–Trinajstić information content (AvgIpc) is 3.58. The van der Waals surface area contributed by atoms with Crippen LogP contribution in [0.25, 0.3) is 0 Å². The summed E-state index contributed by atoms with van der Waals surface area (Å²) in [5.74, 6) is 0.240. The first-order valence-electron chi connectivity index (χ1n) is 13.4. The van der Waals surface area contributed by atoms with Gasteiger partial charge in [0.1, 0.15) is 11.9 Å². The Labute approximate surface area is 231 Å². The number of nitrogens with one attached hydrogen (secondary N) is 2. The van der Waals surface area contributed by atoms with Gasteiger partial charge in [0.2, 0.25) is 11.8 Å². The van der Waals surface area contributed by atoms with Crippen molar-refractivity contribution >= 4 is 57.5 Å². The lowest BCUT2D eigenvalue weighted by atomic mass is 9.95. The molecule has 3 aliphatic rings. The standard InChI is InChI=1S/C28H33N5O3S2/c1-2-23(26(35)30-18-9-4-3-5-10-18)38-28-32-21-13-7-6-12-20(21)25-31-22(27(36)33(25)28)14-15-24(34)29-17-19-11-8-16-37-19/h6-8,11-13,16,18,22-23H,2-5,9-10,14-15,17H2,1H3,(H,29,34)(H,30,35)/t22-,23+/m1/s1. The number of amides is 3. The molecule has 10 heteroatoms. The van der Waals surface area contributed by atoms with E-state index < -0.39 is 6.04 Å². The highest BCUT2D eigenvalue weighted by atomic mass is 32.2. The largest absolute Gasteiger partial charge is 0.352 e. The van der Waals surface area contributed by atoms with E-state index in [0.717, 1.165) is 41.8 Å². The maximum atomic E-state index is 13.6. The van der Waals surface area contributed by atoms with Crippen LogP contribution in [0.1, 0.15) is 68.7 Å². The molecule has 1 aromatic carbocycles. The van der Waals surface area contributed by atoms with E-state index in [1.54, 1.807) is 16.2 Å². The second-order valence-electron chi connectivity index (χ2n) is 9.81. The third kappa shape index (κ3) is 6.02. The van der Waals surface area contributed by atoms with Crippen LogP contribution in [0.2, 0.25) is 0 Å². The molecule has 0 radical (unpaired) electrons. The second kappa shape index (κ2) is 12.3. The second-order valence-corrected chi connectivity index (χ2v) is 12.0. The van der Waals surface area contributed by atoms with E-state index >= 15 is 0 Å². The monoisotopic (exact) mass is 551 g/mol. The van der Waals surface area contributed by atoms with Gasteiger partial charge >= 0.3 is 0 Å². The van der Waals surface area contributed by atoms with Gasteiger partial charge in [-0.1, -0.05) is 56.1 Å². The van der Waals surface area contributed by atoms with Crippen molar-refractivity contribution < 1.29 is 14.4 Å². The molecule has 5 rings (SSSR count). The highest BCUT2D eigenvalue weighted by molar-refractivity contribution is 8.15. The molecule has 0 spiro atoms. The van der Waals surface area contributed by atoms with Gasteiger partial charge in [0.15, 0.2) is 5.17 Å². The molecular weight excluding hydrogens is 518 g/mol. The SMILES string of the molecule is CC[C@H](SC1=Nc2ccccc2C2=N[C@H](CCC(=O)NCc3cccs3)C(=O)N12)C(=O)NC1CCCCC1. The third-order valence-corrected chi connectivity index (χ3v) is 9.29. The molecule has 0 unspecified atom stereocenters. The first kappa shape index (κ1) is 26.6. The maximum Gasteiger partial charge on any atom is 0.259 e. The van der Waals surface area contributed by atoms with Crippen molar-refractivity contribution in [1.82, 2.24) is 15.5 Å². The van der Waals surface area contributed by atoms with Crippen LogP contribution in [0.3, 0.4) is 0 Å². The summed E-state index contributed by atoms with van der Waals surface area (Å²) in [7, 11) is 0. The Kier molecular flexibility index (Phi) is 8.58. The first-order chi connectivity index (χ1) is 18.5. The van der Waals surface area contributed by atoms with Crippen LogP contribution in [0.5, 0.6) is 0 Å². The number of nitrogens with zero attached hydrogens (tertiary/aromatic N) is 3. The van der Waals surface area contributed by atoms with E-state index in [0.29, 0.717) is 30.4 Å². The molecular formula is C28H33N5O3S2. The number of carbonyl (C=O) groups excluding carboxylic acids is 3. The highest BCUT2D eigenvalue weighted by Gasteiger charge is 2.42. The Bertz CT molecular complexity index is 1240. The van der Waals surface area contributed by atoms with Gasteiger partial charge in [-0.25, -0.2) is 9.89 Å². The fourth-order valence-corrected chi connectivity index (χ4v) is 6.69. The molecule has 2 N–H and O–H groups in total. The predicted molar refractivity (Wildman–Crippen MR) is 153 cm³/mol. The van der Waals surface area contributed by atoms with Crippen molar-refractivity contribution in [3.05, 3.63) is 52.2 Å². The lowest BCUT2D eigenvalue weighted by molar-refractivity contribution is -0.125. The Morgan fingerprint density at radius 2 is 1.97 bits per heavy atom. The van der Waals surface area contributed by atoms with Crippen LogP contribution >= 0.6 is 23.1 Å². The molecule has 2 aliphatic heterocycles. The summed E-state index contributed by atoms with van der Waals surface area (Å²) in [6.07, 6.45) is 6.69. The van der Waals surface area contributed by atoms with E-state index in [2.05, 4.69) is 10.6 Å². The minimum absolute atomic E-state index is 0.00458. The molecule has 0 saturated heterocycles. The van der Waals surface area contributed by atoms with Crippen LogP contribution in [0.15, 0.2) is 51.8 Å². The van der Waals surface area contributed by atoms with Crippen LogP contribution in [-0.4, -0.2) is 51.0 Å². The number of aliphatic imine (C=N–C) groups is 2. The molecule has 1 aromatic heterocycles. The van der Waals surface area contributed by atoms with Gasteiger partial charge in [0.05, 0.1) is 17.5 Å². The molecule has 1 saturated carbocycles. The number of rotatable bonds is 9. The topological polar surface area (TPSA) is 103 Å². The number of hydrogen-bond donors (Lipinski definition) is 2. The molecule has 3 amide bonds. The molecule has 1 aliphatic carbocycles. The van der Waals surface area contributed by atoms with E-state index in [-0.39, 0.29) is 35.4 Å². The fourth-order valence-electron chi connectivity index (χ4n) is 5.01. The van der Waals surface area contributed by atoms with E-state index in [1.807, 2.05) is 48.7 Å². The minimum Gasteiger partial charge on any atom is -0.352 e. The van der Waals surface area contributed by atoms with Gasteiger partial charge < -0.3 is 10.6 Å². The Hall–Kier alpha value is -2.98. The first-order valence-corrected chi connectivity index (χ1v) is 15.2. The third-order valence-electron chi connectivity index (χ3n) is 7.09. The summed E-state index contributed by atoms with van der Waals surface area (Å²) in [5, 5.41) is 8.22. The Morgan fingerprint density at radius 1 is 1.16 bits per heavy atom. The van der Waals surface area contributed by atoms with Crippen molar-refractivity contribution in [3.63, 3.8) is 0 Å². The number of hydrogen-bond acceptors (Lipinski definition) is 7. The number of carbonyl (C=O) groups is 3. The number of thiophene rings is 1. The van der Waals surface area contributed by atoms with Crippen LogP contribution < -0.4 is 10.6 Å². The lowest BCUT2D eigenvalue weighted by Gasteiger charge is -2.29. The number of benzene rings is 1. The van der Waals surface area contributed by atoms with E-state index in [9.17, 15) is 14.4 Å². The van der Waals surface area contributed by atoms with Gasteiger partial charge in [-0.2, -0.15) is 0 Å². The summed E-state index contributed by atoms with van der Waals surface area (Å²) in [6, 6.07) is 11.1. The zero-order valence-electron chi connectivity index (χ0n) is 21.5. The zero-order valence-corrected chi connectivity index (χ0v) is 23.2. The normalized spacial score (nSPS) is 19.8. The van der Waals surface area contributed by atoms with Crippen LogP contribution in [0.4, 0.5) is 5.69 Å². The summed E-state index contributed by atoms with van der Waals surface area (Å²) in [6.45, 7) is 2.46. The smallest absolute Gasteiger partial charge is 0.259 e. The van der Waals surface area contributed by atoms with Crippen LogP contribution in [-0.2, 0) is 20.9 Å². The molecule has 200 valence electrons. The number of amidine groups is 2. The zero-order chi connectivity index (χ0) is 26.5. The highest BCUT2D eigenvalue weighted by Crippen LogP contribution is 2.36. The van der Waals surface area contributed by atoms with Gasteiger partial charge in [-0.05, 0) is 49.3 Å². The summed E-state index contributed by atoms with van der Waals surface area (Å²) in [5.41, 5.74) is 1.52. The molecule has 1 fully saturated rings. The van der Waals surface area contributed by atoms with Crippen LogP contribution in [0, 0.1) is 0 Å². The quantitative estimate of drug-likeness (QED) is 0.469. The Morgan fingerprint density at radius 3 is 2.74 bits per heavy atom. The molecule has 0 bridgehead atoms. The molecule has 3 heterocycles. The van der Waals surface area contributed by atoms with Crippen molar-refractivity contribution in [2.75, 3.05) is 0 Å². The molecule has 2 atom stereocenters. The van der Waals surface area contributed by atoms with Crippen molar-refractivity contribution in [1.29, 1.82) is 0 Å². The molecule has 8 nitrogen and oxygen atoms in total. The van der Waals surface area contributed by atoms with Gasteiger partial charge in [0.25, 0.3) is 5.91 Å². The number of para-hydroxylation sites is 1. The van der Waals surface area contributed by atoms with Gasteiger partial charge in [-0.15, -0.1) is 11.3 Å². The van der Waals surface area contributed by atoms with E-state index in [4.69, 9.17) is 9.98 Å². The summed E-state index contributed by atoms with van der Waals surface area (Å²) >= 11 is 2.92. The van der Waals surface area contributed by atoms with Gasteiger partial charge in [-0.3, -0.25) is 19.4 Å². The average molecular weight is 552 g/mol. The number of thioether (sulfide) groups is 1. The minimum atomic E-state index is -0.661. The Balaban J connectivity index is 1.28. The van der Waals surface area contributed by atoms with Crippen molar-refractivity contribution in [2.24, 2.45) is 9.98 Å². The maximum absolute atomic E-state index is 13.6.